The molecule has 4 rings (SSSR count). The molecule has 6 nitrogen and oxygen atoms in total. The smallest absolute Gasteiger partial charge is 0.317 e. The van der Waals surface area contributed by atoms with Gasteiger partial charge >= 0.3 is 6.03 Å². The van der Waals surface area contributed by atoms with Crippen molar-refractivity contribution < 1.29 is 4.79 Å². The summed E-state index contributed by atoms with van der Waals surface area (Å²) in [6.07, 6.45) is 4.32. The molecule has 0 bridgehead atoms. The number of para-hydroxylation sites is 1. The van der Waals surface area contributed by atoms with Crippen LogP contribution in [0.15, 0.2) is 42.6 Å². The third-order valence-corrected chi connectivity index (χ3v) is 5.76. The van der Waals surface area contributed by atoms with Crippen molar-refractivity contribution in [2.24, 2.45) is 0 Å². The number of pyridine rings is 1. The van der Waals surface area contributed by atoms with Crippen molar-refractivity contribution in [1.82, 2.24) is 20.2 Å². The lowest BCUT2D eigenvalue weighted by Crippen LogP contribution is -2.36. The van der Waals surface area contributed by atoms with Crippen LogP contribution in [0.1, 0.15) is 23.4 Å². The Morgan fingerprint density at radius 1 is 1.22 bits per heavy atom. The van der Waals surface area contributed by atoms with E-state index in [9.17, 15) is 4.79 Å². The molecule has 0 atom stereocenters. The maximum absolute atomic E-state index is 12.4. The maximum atomic E-state index is 12.4. The van der Waals surface area contributed by atoms with Crippen LogP contribution in [0, 0.1) is 0 Å². The number of carbonyl (C=O) groups excluding carboxylic acids is 1. The third-order valence-electron chi connectivity index (χ3n) is 4.74. The molecule has 2 amide bonds. The van der Waals surface area contributed by atoms with Crippen molar-refractivity contribution in [3.8, 4) is 0 Å². The fourth-order valence-electron chi connectivity index (χ4n) is 3.23. The van der Waals surface area contributed by atoms with E-state index in [1.54, 1.807) is 23.3 Å². The van der Waals surface area contributed by atoms with Crippen molar-refractivity contribution in [3.63, 3.8) is 0 Å². The SMILES string of the molecule is CN(Cc1nc2ccccc2s1)C(=O)NCc1ccc(N2CCCC2)nc1. The molecule has 1 saturated heterocycles. The molecule has 3 aromatic rings. The lowest BCUT2D eigenvalue weighted by atomic mass is 10.3. The Morgan fingerprint density at radius 3 is 2.78 bits per heavy atom. The van der Waals surface area contributed by atoms with Gasteiger partial charge in [-0.05, 0) is 36.6 Å². The van der Waals surface area contributed by atoms with Gasteiger partial charge in [0.15, 0.2) is 0 Å². The summed E-state index contributed by atoms with van der Waals surface area (Å²) in [6.45, 7) is 3.13. The van der Waals surface area contributed by atoms with E-state index in [1.807, 2.05) is 36.5 Å². The van der Waals surface area contributed by atoms with Gasteiger partial charge in [-0.2, -0.15) is 0 Å². The zero-order valence-corrected chi connectivity index (χ0v) is 16.2. The first kappa shape index (κ1) is 17.7. The van der Waals surface area contributed by atoms with Crippen LogP contribution in [-0.2, 0) is 13.1 Å². The van der Waals surface area contributed by atoms with E-state index in [-0.39, 0.29) is 6.03 Å². The highest BCUT2D eigenvalue weighted by molar-refractivity contribution is 7.18. The number of thiazole rings is 1. The summed E-state index contributed by atoms with van der Waals surface area (Å²) in [6, 6.07) is 12.0. The number of rotatable bonds is 5. The standard InChI is InChI=1S/C20H23N5OS/c1-24(14-19-23-16-6-2-3-7-17(16)27-19)20(26)22-13-15-8-9-18(21-12-15)25-10-4-5-11-25/h2-3,6-9,12H,4-5,10-11,13-14H2,1H3,(H,22,26). The molecule has 2 aromatic heterocycles. The lowest BCUT2D eigenvalue weighted by Gasteiger charge is -2.18. The fraction of sp³-hybridized carbons (Fsp3) is 0.350. The average molecular weight is 382 g/mol. The predicted molar refractivity (Wildman–Crippen MR) is 109 cm³/mol. The number of nitrogens with one attached hydrogen (secondary N) is 1. The summed E-state index contributed by atoms with van der Waals surface area (Å²) >= 11 is 1.62. The maximum Gasteiger partial charge on any atom is 0.317 e. The van der Waals surface area contributed by atoms with E-state index < -0.39 is 0 Å². The zero-order valence-electron chi connectivity index (χ0n) is 15.4. The van der Waals surface area contributed by atoms with Crippen LogP contribution in [0.5, 0.6) is 0 Å². The highest BCUT2D eigenvalue weighted by Gasteiger charge is 2.14. The normalized spacial score (nSPS) is 13.9. The predicted octanol–water partition coefficient (Wildman–Crippen LogP) is 3.63. The largest absolute Gasteiger partial charge is 0.357 e. The molecular formula is C20H23N5OS. The van der Waals surface area contributed by atoms with Crippen LogP contribution in [-0.4, -0.2) is 41.0 Å². The number of aromatic nitrogens is 2. The topological polar surface area (TPSA) is 61.4 Å². The molecule has 3 heterocycles. The van der Waals surface area contributed by atoms with E-state index in [0.29, 0.717) is 13.1 Å². The van der Waals surface area contributed by atoms with Gasteiger partial charge in [0.05, 0.1) is 16.8 Å². The number of nitrogens with zero attached hydrogens (tertiary/aromatic N) is 4. The van der Waals surface area contributed by atoms with Crippen LogP contribution in [0.3, 0.4) is 0 Å². The average Bonchev–Trinajstić information content (AvgIpc) is 3.35. The molecule has 1 aromatic carbocycles. The molecule has 0 radical (unpaired) electrons. The molecular weight excluding hydrogens is 358 g/mol. The molecule has 7 heteroatoms. The Balaban J connectivity index is 1.30. The summed E-state index contributed by atoms with van der Waals surface area (Å²) in [7, 11) is 1.79. The van der Waals surface area contributed by atoms with Crippen molar-refractivity contribution in [3.05, 3.63) is 53.2 Å². The summed E-state index contributed by atoms with van der Waals surface area (Å²) in [5.74, 6) is 1.02. The van der Waals surface area contributed by atoms with Gasteiger partial charge in [-0.25, -0.2) is 14.8 Å². The van der Waals surface area contributed by atoms with Gasteiger partial charge in [0.1, 0.15) is 10.8 Å². The van der Waals surface area contributed by atoms with Gasteiger partial charge in [-0.15, -0.1) is 11.3 Å². The summed E-state index contributed by atoms with van der Waals surface area (Å²) in [5, 5.41) is 3.89. The molecule has 1 fully saturated rings. The first-order valence-corrected chi connectivity index (χ1v) is 10.0. The minimum atomic E-state index is -0.113. The van der Waals surface area contributed by atoms with Gasteiger partial charge in [0.25, 0.3) is 0 Å². The lowest BCUT2D eigenvalue weighted by molar-refractivity contribution is 0.206. The van der Waals surface area contributed by atoms with Gasteiger partial charge in [0.2, 0.25) is 0 Å². The highest BCUT2D eigenvalue weighted by atomic mass is 32.1. The Morgan fingerprint density at radius 2 is 2.04 bits per heavy atom. The summed E-state index contributed by atoms with van der Waals surface area (Å²) in [4.78, 5) is 25.4. The first-order chi connectivity index (χ1) is 13.2. The second-order valence-electron chi connectivity index (χ2n) is 6.81. The van der Waals surface area contributed by atoms with Gasteiger partial charge in [-0.1, -0.05) is 18.2 Å². The van der Waals surface area contributed by atoms with Crippen LogP contribution in [0.2, 0.25) is 0 Å². The van der Waals surface area contributed by atoms with Crippen LogP contribution >= 0.6 is 11.3 Å². The van der Waals surface area contributed by atoms with E-state index >= 15 is 0 Å². The van der Waals surface area contributed by atoms with Crippen molar-refractivity contribution in [1.29, 1.82) is 0 Å². The number of fused-ring (bicyclic) bond motifs is 1. The summed E-state index contributed by atoms with van der Waals surface area (Å²) < 4.78 is 1.14. The number of benzene rings is 1. The van der Waals surface area contributed by atoms with Gasteiger partial charge < -0.3 is 15.1 Å². The number of carbonyl (C=O) groups is 1. The highest BCUT2D eigenvalue weighted by Crippen LogP contribution is 2.22. The van der Waals surface area contributed by atoms with Gasteiger partial charge in [-0.3, -0.25) is 0 Å². The van der Waals surface area contributed by atoms with Gasteiger partial charge in [0, 0.05) is 32.9 Å². The summed E-state index contributed by atoms with van der Waals surface area (Å²) in [5.41, 5.74) is 1.98. The van der Waals surface area contributed by atoms with Crippen LogP contribution < -0.4 is 10.2 Å². The van der Waals surface area contributed by atoms with E-state index in [2.05, 4.69) is 26.3 Å². The monoisotopic (exact) mass is 381 g/mol. The van der Waals surface area contributed by atoms with Crippen molar-refractivity contribution in [2.75, 3.05) is 25.0 Å². The van der Waals surface area contributed by atoms with Crippen LogP contribution in [0.4, 0.5) is 10.6 Å². The zero-order chi connectivity index (χ0) is 18.6. The molecule has 1 aliphatic heterocycles. The first-order valence-electron chi connectivity index (χ1n) is 9.22. The van der Waals surface area contributed by atoms with Crippen LogP contribution in [0.25, 0.3) is 10.2 Å². The number of hydrogen-bond acceptors (Lipinski definition) is 5. The molecule has 1 aliphatic rings. The fourth-order valence-corrected chi connectivity index (χ4v) is 4.25. The quantitative estimate of drug-likeness (QED) is 0.733. The number of hydrogen-bond donors (Lipinski definition) is 1. The molecule has 140 valence electrons. The molecule has 0 spiro atoms. The van der Waals surface area contributed by atoms with E-state index in [1.165, 1.54) is 12.8 Å². The Kier molecular flexibility index (Phi) is 5.20. The third kappa shape index (κ3) is 4.19. The Labute approximate surface area is 162 Å². The van der Waals surface area contributed by atoms with E-state index in [0.717, 1.165) is 39.7 Å². The molecule has 0 saturated carbocycles. The number of amides is 2. The second kappa shape index (κ2) is 7.92. The molecule has 0 aliphatic carbocycles. The minimum absolute atomic E-state index is 0.113. The van der Waals surface area contributed by atoms with E-state index in [4.69, 9.17) is 0 Å². The Hall–Kier alpha value is -2.67. The Bertz CT molecular complexity index is 885. The van der Waals surface area contributed by atoms with Crippen molar-refractivity contribution >= 4 is 33.4 Å². The minimum Gasteiger partial charge on any atom is -0.357 e. The molecule has 27 heavy (non-hydrogen) atoms. The number of anilines is 1. The number of urea groups is 1. The van der Waals surface area contributed by atoms with Crippen molar-refractivity contribution in [2.45, 2.75) is 25.9 Å². The second-order valence-corrected chi connectivity index (χ2v) is 7.92. The molecule has 1 N–H and O–H groups in total. The molecule has 0 unspecified atom stereocenters.